The number of hydrogen-bond donors (Lipinski definition) is 4. The lowest BCUT2D eigenvalue weighted by atomic mass is 9.78. The van der Waals surface area contributed by atoms with Gasteiger partial charge in [0.25, 0.3) is 0 Å². The van der Waals surface area contributed by atoms with Crippen molar-refractivity contribution in [2.45, 2.75) is 125 Å². The number of benzene rings is 2. The Morgan fingerprint density at radius 1 is 0.650 bits per heavy atom. The molecule has 0 aliphatic rings. The number of carbonyl (C=O) groups is 2. The first-order chi connectivity index (χ1) is 18.2. The van der Waals surface area contributed by atoms with Crippen LogP contribution in [0.25, 0.3) is 0 Å². The van der Waals surface area contributed by atoms with E-state index in [2.05, 4.69) is 87.0 Å². The molecule has 6 heteroatoms. The molecule has 4 N–H and O–H groups in total. The molecule has 6 nitrogen and oxygen atoms in total. The SMILES string of the molecule is CC(C)Cc1cc(CCC(=O)NNC(=O)CCc2cc(C(C)(C)C)c(O)c(C(C)(C)C)c2)cc(C(C)(C)C)c1O. The molecule has 2 aromatic carbocycles. The lowest BCUT2D eigenvalue weighted by Gasteiger charge is -2.28. The summed E-state index contributed by atoms with van der Waals surface area (Å²) in [4.78, 5) is 25.1. The van der Waals surface area contributed by atoms with Gasteiger partial charge >= 0.3 is 0 Å². The predicted octanol–water partition coefficient (Wildman–Crippen LogP) is 6.90. The van der Waals surface area contributed by atoms with E-state index in [1.807, 2.05) is 24.3 Å². The zero-order valence-corrected chi connectivity index (χ0v) is 26.6. The van der Waals surface area contributed by atoms with Crippen molar-refractivity contribution in [3.05, 3.63) is 57.6 Å². The average Bonchev–Trinajstić information content (AvgIpc) is 2.79. The predicted molar refractivity (Wildman–Crippen MR) is 164 cm³/mol. The Balaban J connectivity index is 2.02. The molecule has 40 heavy (non-hydrogen) atoms. The summed E-state index contributed by atoms with van der Waals surface area (Å²) >= 11 is 0. The molecule has 0 saturated heterocycles. The van der Waals surface area contributed by atoms with E-state index in [0.29, 0.717) is 30.3 Å². The molecule has 2 rings (SSSR count). The number of carbonyl (C=O) groups excluding carboxylic acids is 2. The number of aryl methyl sites for hydroxylation is 2. The van der Waals surface area contributed by atoms with Crippen molar-refractivity contribution in [1.82, 2.24) is 10.9 Å². The minimum Gasteiger partial charge on any atom is -0.507 e. The Bertz CT molecular complexity index is 1170. The number of hydrogen-bond acceptors (Lipinski definition) is 4. The summed E-state index contributed by atoms with van der Waals surface area (Å²) in [5, 5.41) is 21.8. The van der Waals surface area contributed by atoms with Gasteiger partial charge in [0.2, 0.25) is 11.8 Å². The van der Waals surface area contributed by atoms with Gasteiger partial charge in [-0.25, -0.2) is 0 Å². The average molecular weight is 553 g/mol. The molecule has 0 spiro atoms. The molecule has 0 aromatic heterocycles. The van der Waals surface area contributed by atoms with E-state index in [0.717, 1.165) is 39.8 Å². The third-order valence-electron chi connectivity index (χ3n) is 7.09. The van der Waals surface area contributed by atoms with Gasteiger partial charge in [-0.15, -0.1) is 0 Å². The molecule has 0 aliphatic heterocycles. The zero-order chi connectivity index (χ0) is 30.6. The zero-order valence-electron chi connectivity index (χ0n) is 26.6. The van der Waals surface area contributed by atoms with Gasteiger partial charge in [0, 0.05) is 12.8 Å². The Morgan fingerprint density at radius 2 is 1.00 bits per heavy atom. The monoisotopic (exact) mass is 552 g/mol. The molecular formula is C34H52N2O4. The van der Waals surface area contributed by atoms with Crippen LogP contribution in [0.3, 0.4) is 0 Å². The molecule has 0 unspecified atom stereocenters. The van der Waals surface area contributed by atoms with E-state index in [4.69, 9.17) is 0 Å². The molecule has 0 atom stereocenters. The second kappa shape index (κ2) is 12.7. The molecule has 0 bridgehead atoms. The molecule has 2 amide bonds. The van der Waals surface area contributed by atoms with Gasteiger partial charge in [0.15, 0.2) is 0 Å². The van der Waals surface area contributed by atoms with E-state index in [-0.39, 0.29) is 40.9 Å². The summed E-state index contributed by atoms with van der Waals surface area (Å²) < 4.78 is 0. The van der Waals surface area contributed by atoms with Crippen LogP contribution >= 0.6 is 0 Å². The van der Waals surface area contributed by atoms with E-state index in [1.54, 1.807) is 0 Å². The largest absolute Gasteiger partial charge is 0.507 e. The van der Waals surface area contributed by atoms with Crippen molar-refractivity contribution < 1.29 is 19.8 Å². The molecule has 2 aromatic rings. The van der Waals surface area contributed by atoms with Gasteiger partial charge in [-0.1, -0.05) is 100 Å². The van der Waals surface area contributed by atoms with E-state index in [9.17, 15) is 19.8 Å². The van der Waals surface area contributed by atoms with Crippen molar-refractivity contribution >= 4 is 11.8 Å². The first-order valence-electron chi connectivity index (χ1n) is 14.5. The first-order valence-corrected chi connectivity index (χ1v) is 14.5. The molecule has 0 heterocycles. The molecule has 0 fully saturated rings. The number of hydrazine groups is 1. The van der Waals surface area contributed by atoms with Crippen LogP contribution < -0.4 is 10.9 Å². The van der Waals surface area contributed by atoms with Crippen LogP contribution in [0.4, 0.5) is 0 Å². The minimum absolute atomic E-state index is 0.212. The maximum absolute atomic E-state index is 12.6. The van der Waals surface area contributed by atoms with Gasteiger partial charge in [0.1, 0.15) is 11.5 Å². The van der Waals surface area contributed by atoms with Gasteiger partial charge in [-0.05, 0) is 74.8 Å². The highest BCUT2D eigenvalue weighted by Crippen LogP contribution is 2.40. The van der Waals surface area contributed by atoms with E-state index in [1.165, 1.54) is 0 Å². The standard InChI is InChI=1S/C34H52N2O4/c1-21(2)16-24-17-22(18-25(30(24)39)32(3,4)5)12-14-28(37)35-36-29(38)15-13-23-19-26(33(6,7)8)31(40)27(20-23)34(9,10)11/h17-21,39-40H,12-16H2,1-11H3,(H,35,37)(H,36,38). The fourth-order valence-corrected chi connectivity index (χ4v) is 4.83. The van der Waals surface area contributed by atoms with Crippen LogP contribution in [0, 0.1) is 5.92 Å². The molecule has 222 valence electrons. The smallest absolute Gasteiger partial charge is 0.238 e. The highest BCUT2D eigenvalue weighted by Gasteiger charge is 2.27. The second-order valence-electron chi connectivity index (χ2n) is 14.6. The summed E-state index contributed by atoms with van der Waals surface area (Å²) in [5.74, 6) is 0.530. The maximum Gasteiger partial charge on any atom is 0.238 e. The number of amides is 2. The Labute approximate surface area is 241 Å². The Hall–Kier alpha value is -3.02. The lowest BCUT2D eigenvalue weighted by molar-refractivity contribution is -0.128. The van der Waals surface area contributed by atoms with Crippen molar-refractivity contribution in [2.75, 3.05) is 0 Å². The first kappa shape index (κ1) is 33.2. The number of rotatable bonds is 8. The Morgan fingerprint density at radius 3 is 1.35 bits per heavy atom. The van der Waals surface area contributed by atoms with E-state index < -0.39 is 0 Å². The molecule has 0 aliphatic carbocycles. The van der Waals surface area contributed by atoms with Gasteiger partial charge in [-0.3, -0.25) is 20.4 Å². The number of aromatic hydroxyl groups is 2. The van der Waals surface area contributed by atoms with Crippen molar-refractivity contribution in [3.63, 3.8) is 0 Å². The van der Waals surface area contributed by atoms with Crippen LogP contribution in [-0.2, 0) is 45.1 Å². The quantitative estimate of drug-likeness (QED) is 0.268. The van der Waals surface area contributed by atoms with Crippen LogP contribution in [0.15, 0.2) is 24.3 Å². The normalized spacial score (nSPS) is 12.5. The Kier molecular flexibility index (Phi) is 10.5. The van der Waals surface area contributed by atoms with Gasteiger partial charge < -0.3 is 10.2 Å². The van der Waals surface area contributed by atoms with Crippen molar-refractivity contribution in [1.29, 1.82) is 0 Å². The summed E-state index contributed by atoms with van der Waals surface area (Å²) in [5.41, 5.74) is 9.89. The fourth-order valence-electron chi connectivity index (χ4n) is 4.83. The second-order valence-corrected chi connectivity index (χ2v) is 14.6. The third kappa shape index (κ3) is 9.28. The van der Waals surface area contributed by atoms with Crippen LogP contribution in [0.2, 0.25) is 0 Å². The summed E-state index contributed by atoms with van der Waals surface area (Å²) in [6.07, 6.45) is 2.20. The van der Waals surface area contributed by atoms with Gasteiger partial charge in [-0.2, -0.15) is 0 Å². The highest BCUT2D eigenvalue weighted by atomic mass is 16.3. The third-order valence-corrected chi connectivity index (χ3v) is 7.09. The van der Waals surface area contributed by atoms with Crippen LogP contribution in [0.5, 0.6) is 11.5 Å². The van der Waals surface area contributed by atoms with Gasteiger partial charge in [0.05, 0.1) is 0 Å². The highest BCUT2D eigenvalue weighted by molar-refractivity contribution is 5.82. The molecular weight excluding hydrogens is 500 g/mol. The number of phenolic OH excluding ortho intramolecular Hbond substituents is 2. The van der Waals surface area contributed by atoms with Crippen molar-refractivity contribution in [2.24, 2.45) is 5.92 Å². The summed E-state index contributed by atoms with van der Waals surface area (Å²) in [6.45, 7) is 22.8. The summed E-state index contributed by atoms with van der Waals surface area (Å²) in [6, 6.07) is 7.94. The van der Waals surface area contributed by atoms with Crippen LogP contribution in [-0.4, -0.2) is 22.0 Å². The van der Waals surface area contributed by atoms with Crippen LogP contribution in [0.1, 0.15) is 122 Å². The number of nitrogens with one attached hydrogen (secondary N) is 2. The summed E-state index contributed by atoms with van der Waals surface area (Å²) in [7, 11) is 0. The fraction of sp³-hybridized carbons (Fsp3) is 0.588. The lowest BCUT2D eigenvalue weighted by Crippen LogP contribution is -2.41. The number of phenols is 2. The topological polar surface area (TPSA) is 98.7 Å². The van der Waals surface area contributed by atoms with E-state index >= 15 is 0 Å². The minimum atomic E-state index is -0.269. The molecule has 0 saturated carbocycles. The van der Waals surface area contributed by atoms with Crippen molar-refractivity contribution in [3.8, 4) is 11.5 Å². The molecule has 0 radical (unpaired) electrons. The maximum atomic E-state index is 12.6.